The molecule has 0 heterocycles. The molecule has 0 aliphatic rings. The van der Waals surface area contributed by atoms with E-state index in [0.29, 0.717) is 20.8 Å². The van der Waals surface area contributed by atoms with Crippen molar-refractivity contribution in [2.24, 2.45) is 0 Å². The average Bonchev–Trinajstić information content (AvgIpc) is 2.37. The molecular weight excluding hydrogens is 339 g/mol. The van der Waals surface area contributed by atoms with Crippen molar-refractivity contribution in [1.82, 2.24) is 0 Å². The van der Waals surface area contributed by atoms with Crippen LogP contribution in [0, 0.1) is 18.6 Å². The second-order valence-corrected chi connectivity index (χ2v) is 5.98. The highest BCUT2D eigenvalue weighted by Crippen LogP contribution is 2.36. The molecule has 21 heavy (non-hydrogen) atoms. The molecule has 0 amide bonds. The van der Waals surface area contributed by atoms with E-state index in [4.69, 9.17) is 34.8 Å². The van der Waals surface area contributed by atoms with Gasteiger partial charge in [-0.2, -0.15) is 0 Å². The van der Waals surface area contributed by atoms with E-state index in [0.717, 1.165) is 6.07 Å². The number of anilines is 1. The van der Waals surface area contributed by atoms with Gasteiger partial charge in [-0.05, 0) is 43.7 Å². The number of nitrogens with one attached hydrogen (secondary N) is 1. The second kappa shape index (κ2) is 6.39. The van der Waals surface area contributed by atoms with Gasteiger partial charge in [-0.25, -0.2) is 8.78 Å². The Morgan fingerprint density at radius 2 is 1.52 bits per heavy atom. The first-order chi connectivity index (χ1) is 9.79. The summed E-state index contributed by atoms with van der Waals surface area (Å²) in [4.78, 5) is 0. The van der Waals surface area contributed by atoms with Gasteiger partial charge < -0.3 is 5.32 Å². The fraction of sp³-hybridized carbons (Fsp3) is 0.200. The summed E-state index contributed by atoms with van der Waals surface area (Å²) in [5, 5.41) is 4.00. The molecule has 0 aliphatic carbocycles. The topological polar surface area (TPSA) is 12.0 Å². The molecule has 1 unspecified atom stereocenters. The highest BCUT2D eigenvalue weighted by atomic mass is 35.5. The molecule has 0 aliphatic heterocycles. The number of benzene rings is 2. The predicted molar refractivity (Wildman–Crippen MR) is 84.6 cm³/mol. The lowest BCUT2D eigenvalue weighted by atomic mass is 10.0. The monoisotopic (exact) mass is 349 g/mol. The molecule has 2 aromatic carbocycles. The number of halogens is 5. The van der Waals surface area contributed by atoms with E-state index in [1.807, 2.05) is 0 Å². The maximum absolute atomic E-state index is 14.0. The molecule has 1 atom stereocenters. The average molecular weight is 351 g/mol. The molecular formula is C15H12Cl3F2N. The summed E-state index contributed by atoms with van der Waals surface area (Å²) >= 11 is 18.0. The van der Waals surface area contributed by atoms with Crippen LogP contribution < -0.4 is 5.32 Å². The molecule has 0 radical (unpaired) electrons. The third-order valence-corrected chi connectivity index (χ3v) is 3.93. The van der Waals surface area contributed by atoms with Crippen LogP contribution in [-0.4, -0.2) is 0 Å². The summed E-state index contributed by atoms with van der Waals surface area (Å²) in [5.74, 6) is -0.955. The van der Waals surface area contributed by atoms with Crippen molar-refractivity contribution >= 4 is 40.5 Å². The Morgan fingerprint density at radius 3 is 2.10 bits per heavy atom. The summed E-state index contributed by atoms with van der Waals surface area (Å²) < 4.78 is 27.6. The molecule has 112 valence electrons. The fourth-order valence-corrected chi connectivity index (χ4v) is 2.89. The number of rotatable bonds is 3. The van der Waals surface area contributed by atoms with Crippen LogP contribution in [0.15, 0.2) is 24.3 Å². The van der Waals surface area contributed by atoms with Gasteiger partial charge in [0.1, 0.15) is 11.6 Å². The van der Waals surface area contributed by atoms with E-state index in [1.165, 1.54) is 25.1 Å². The van der Waals surface area contributed by atoms with Crippen LogP contribution in [0.2, 0.25) is 15.1 Å². The van der Waals surface area contributed by atoms with E-state index < -0.39 is 17.7 Å². The van der Waals surface area contributed by atoms with Crippen molar-refractivity contribution in [3.63, 3.8) is 0 Å². The summed E-state index contributed by atoms with van der Waals surface area (Å²) in [5.41, 5.74) is 0.877. The first-order valence-electron chi connectivity index (χ1n) is 6.16. The number of hydrogen-bond acceptors (Lipinski definition) is 1. The molecule has 0 saturated carbocycles. The van der Waals surface area contributed by atoms with Gasteiger partial charge in [0.25, 0.3) is 0 Å². The fourth-order valence-electron chi connectivity index (χ4n) is 1.97. The second-order valence-electron chi connectivity index (χ2n) is 4.73. The third-order valence-electron chi connectivity index (χ3n) is 3.11. The van der Waals surface area contributed by atoms with Gasteiger partial charge in [0, 0.05) is 10.6 Å². The zero-order valence-corrected chi connectivity index (χ0v) is 13.5. The van der Waals surface area contributed by atoms with E-state index >= 15 is 0 Å². The maximum atomic E-state index is 14.0. The molecule has 0 saturated heterocycles. The molecule has 0 fully saturated rings. The highest BCUT2D eigenvalue weighted by Gasteiger charge is 2.16. The summed E-state index contributed by atoms with van der Waals surface area (Å²) in [7, 11) is 0. The molecule has 2 rings (SSSR count). The Morgan fingerprint density at radius 1 is 0.952 bits per heavy atom. The van der Waals surface area contributed by atoms with Gasteiger partial charge in [-0.15, -0.1) is 0 Å². The predicted octanol–water partition coefficient (Wildman–Crippen LogP) is 6.41. The number of aryl methyl sites for hydroxylation is 1. The van der Waals surface area contributed by atoms with Crippen molar-refractivity contribution in [3.8, 4) is 0 Å². The molecule has 2 aromatic rings. The van der Waals surface area contributed by atoms with Crippen LogP contribution in [0.1, 0.15) is 24.1 Å². The van der Waals surface area contributed by atoms with Crippen LogP contribution in [0.4, 0.5) is 14.5 Å². The highest BCUT2D eigenvalue weighted by molar-refractivity contribution is 6.41. The largest absolute Gasteiger partial charge is 0.376 e. The first kappa shape index (κ1) is 16.3. The first-order valence-corrected chi connectivity index (χ1v) is 7.29. The third kappa shape index (κ3) is 3.60. The van der Waals surface area contributed by atoms with Crippen LogP contribution in [0.5, 0.6) is 0 Å². The molecule has 0 bridgehead atoms. The Bertz CT molecular complexity index is 666. The standard InChI is InChI=1S/C15H12Cl3F2N/c1-7-3-14(20)10(6-13(7)19)8(2)21-15-11(17)4-9(16)5-12(15)18/h3-6,8,21H,1-2H3. The van der Waals surface area contributed by atoms with Crippen molar-refractivity contribution in [1.29, 1.82) is 0 Å². The van der Waals surface area contributed by atoms with Crippen molar-refractivity contribution < 1.29 is 8.78 Å². The van der Waals surface area contributed by atoms with E-state index in [2.05, 4.69) is 5.32 Å². The minimum absolute atomic E-state index is 0.195. The summed E-state index contributed by atoms with van der Waals surface area (Å²) in [6, 6.07) is 4.86. The van der Waals surface area contributed by atoms with Gasteiger partial charge >= 0.3 is 0 Å². The van der Waals surface area contributed by atoms with Gasteiger partial charge in [0.05, 0.1) is 21.8 Å². The van der Waals surface area contributed by atoms with Crippen LogP contribution >= 0.6 is 34.8 Å². The lowest BCUT2D eigenvalue weighted by molar-refractivity contribution is 0.571. The quantitative estimate of drug-likeness (QED) is 0.674. The molecule has 6 heteroatoms. The SMILES string of the molecule is Cc1cc(F)c(C(C)Nc2c(Cl)cc(Cl)cc2Cl)cc1F. The molecule has 1 nitrogen and oxygen atoms in total. The van der Waals surface area contributed by atoms with Gasteiger partial charge in [-0.1, -0.05) is 34.8 Å². The van der Waals surface area contributed by atoms with Crippen LogP contribution in [-0.2, 0) is 0 Å². The maximum Gasteiger partial charge on any atom is 0.128 e. The Hall–Kier alpha value is -1.03. The summed E-state index contributed by atoms with van der Waals surface area (Å²) in [6.45, 7) is 3.20. The Balaban J connectivity index is 2.35. The summed E-state index contributed by atoms with van der Waals surface area (Å²) in [6.07, 6.45) is 0. The van der Waals surface area contributed by atoms with Crippen molar-refractivity contribution in [2.75, 3.05) is 5.32 Å². The smallest absolute Gasteiger partial charge is 0.128 e. The lowest BCUT2D eigenvalue weighted by Crippen LogP contribution is -2.10. The van der Waals surface area contributed by atoms with Crippen molar-refractivity contribution in [3.05, 3.63) is 62.1 Å². The van der Waals surface area contributed by atoms with Gasteiger partial charge in [0.2, 0.25) is 0 Å². The molecule has 0 spiro atoms. The zero-order valence-electron chi connectivity index (χ0n) is 11.3. The van der Waals surface area contributed by atoms with Gasteiger partial charge in [0.15, 0.2) is 0 Å². The minimum Gasteiger partial charge on any atom is -0.376 e. The van der Waals surface area contributed by atoms with E-state index in [1.54, 1.807) is 6.92 Å². The minimum atomic E-state index is -0.517. The molecule has 1 N–H and O–H groups in total. The normalized spacial score (nSPS) is 12.3. The molecule has 0 aromatic heterocycles. The number of hydrogen-bond donors (Lipinski definition) is 1. The van der Waals surface area contributed by atoms with Crippen LogP contribution in [0.25, 0.3) is 0 Å². The Kier molecular flexibility index (Phi) is 4.97. The van der Waals surface area contributed by atoms with Crippen LogP contribution in [0.3, 0.4) is 0 Å². The van der Waals surface area contributed by atoms with Gasteiger partial charge in [-0.3, -0.25) is 0 Å². The van der Waals surface area contributed by atoms with E-state index in [-0.39, 0.29) is 11.1 Å². The Labute approximate surface area is 136 Å². The lowest BCUT2D eigenvalue weighted by Gasteiger charge is -2.19. The van der Waals surface area contributed by atoms with Crippen molar-refractivity contribution in [2.45, 2.75) is 19.9 Å². The zero-order chi connectivity index (χ0) is 15.7. The van der Waals surface area contributed by atoms with E-state index in [9.17, 15) is 8.78 Å².